The summed E-state index contributed by atoms with van der Waals surface area (Å²) >= 11 is 0. The fourth-order valence-electron chi connectivity index (χ4n) is 0.872. The molecular formula is C8H13NO. The summed E-state index contributed by atoms with van der Waals surface area (Å²) in [5, 5.41) is 3.83. The van der Waals surface area contributed by atoms with Gasteiger partial charge in [0.15, 0.2) is 0 Å². The molecule has 0 amide bonds. The first-order chi connectivity index (χ1) is 4.58. The van der Waals surface area contributed by atoms with Gasteiger partial charge in [0.1, 0.15) is 6.26 Å². The number of rotatable bonds is 1. The molecule has 1 rings (SSSR count). The lowest BCUT2D eigenvalue weighted by Gasteiger charge is -2.14. The number of hydrogen-bond acceptors (Lipinski definition) is 2. The van der Waals surface area contributed by atoms with Gasteiger partial charge in [-0.25, -0.2) is 0 Å². The summed E-state index contributed by atoms with van der Waals surface area (Å²) in [5.41, 5.74) is 1.34. The van der Waals surface area contributed by atoms with Crippen molar-refractivity contribution in [1.82, 2.24) is 5.16 Å². The summed E-state index contributed by atoms with van der Waals surface area (Å²) in [7, 11) is 0. The summed E-state index contributed by atoms with van der Waals surface area (Å²) in [4.78, 5) is 0. The van der Waals surface area contributed by atoms with Crippen molar-refractivity contribution < 1.29 is 4.52 Å². The molecule has 0 atom stereocenters. The van der Waals surface area contributed by atoms with Crippen LogP contribution >= 0.6 is 0 Å². The molecule has 0 saturated heterocycles. The SMILES string of the molecule is CC(C)(C)Cc1ccon1. The van der Waals surface area contributed by atoms with Gasteiger partial charge in [0.05, 0.1) is 5.69 Å². The van der Waals surface area contributed by atoms with Gasteiger partial charge in [0.25, 0.3) is 0 Å². The molecule has 1 heterocycles. The average molecular weight is 139 g/mol. The topological polar surface area (TPSA) is 26.0 Å². The summed E-state index contributed by atoms with van der Waals surface area (Å²) in [5.74, 6) is 0. The van der Waals surface area contributed by atoms with E-state index in [-0.39, 0.29) is 0 Å². The van der Waals surface area contributed by atoms with Crippen molar-refractivity contribution in [2.45, 2.75) is 27.2 Å². The summed E-state index contributed by atoms with van der Waals surface area (Å²) in [6.45, 7) is 6.55. The van der Waals surface area contributed by atoms with Gasteiger partial charge in [-0.2, -0.15) is 0 Å². The second-order valence-electron chi connectivity index (χ2n) is 3.73. The zero-order valence-corrected chi connectivity index (χ0v) is 6.72. The van der Waals surface area contributed by atoms with Crippen molar-refractivity contribution in [1.29, 1.82) is 0 Å². The fourth-order valence-corrected chi connectivity index (χ4v) is 0.872. The maximum Gasteiger partial charge on any atom is 0.124 e. The fraction of sp³-hybridized carbons (Fsp3) is 0.625. The molecule has 0 aliphatic rings. The molecule has 0 aliphatic heterocycles. The van der Waals surface area contributed by atoms with Crippen molar-refractivity contribution in [2.75, 3.05) is 0 Å². The Balaban J connectivity index is 2.57. The Kier molecular flexibility index (Phi) is 1.79. The first kappa shape index (κ1) is 7.32. The highest BCUT2D eigenvalue weighted by molar-refractivity contribution is 4.97. The van der Waals surface area contributed by atoms with Crippen LogP contribution in [-0.4, -0.2) is 5.16 Å². The highest BCUT2D eigenvalue weighted by Gasteiger charge is 2.12. The van der Waals surface area contributed by atoms with Gasteiger partial charge >= 0.3 is 0 Å². The monoisotopic (exact) mass is 139 g/mol. The lowest BCUT2D eigenvalue weighted by atomic mass is 9.91. The summed E-state index contributed by atoms with van der Waals surface area (Å²) < 4.78 is 4.71. The van der Waals surface area contributed by atoms with Gasteiger partial charge in [-0.3, -0.25) is 0 Å². The molecule has 1 aromatic heterocycles. The largest absolute Gasteiger partial charge is 0.365 e. The Morgan fingerprint density at radius 3 is 2.60 bits per heavy atom. The van der Waals surface area contributed by atoms with Crippen LogP contribution in [0.25, 0.3) is 0 Å². The molecular weight excluding hydrogens is 126 g/mol. The van der Waals surface area contributed by atoms with E-state index < -0.39 is 0 Å². The van der Waals surface area contributed by atoms with Crippen LogP contribution in [0.15, 0.2) is 16.9 Å². The van der Waals surface area contributed by atoms with E-state index in [1.165, 1.54) is 0 Å². The van der Waals surface area contributed by atoms with Crippen LogP contribution in [0.3, 0.4) is 0 Å². The molecule has 0 aliphatic carbocycles. The van der Waals surface area contributed by atoms with E-state index in [0.717, 1.165) is 12.1 Å². The number of nitrogens with zero attached hydrogens (tertiary/aromatic N) is 1. The van der Waals surface area contributed by atoms with Gasteiger partial charge < -0.3 is 4.52 Å². The molecule has 1 aromatic rings. The molecule has 0 aromatic carbocycles. The van der Waals surface area contributed by atoms with E-state index in [1.807, 2.05) is 6.07 Å². The minimum atomic E-state index is 0.302. The second-order valence-corrected chi connectivity index (χ2v) is 3.73. The molecule has 0 bridgehead atoms. The molecule has 0 saturated carbocycles. The Morgan fingerprint density at radius 2 is 2.20 bits per heavy atom. The van der Waals surface area contributed by atoms with Crippen molar-refractivity contribution in [2.24, 2.45) is 5.41 Å². The van der Waals surface area contributed by atoms with Crippen LogP contribution in [0.2, 0.25) is 0 Å². The van der Waals surface area contributed by atoms with Crippen LogP contribution in [0.4, 0.5) is 0 Å². The Hall–Kier alpha value is -0.790. The predicted molar refractivity (Wildman–Crippen MR) is 39.7 cm³/mol. The maximum absolute atomic E-state index is 4.71. The molecule has 0 N–H and O–H groups in total. The molecule has 0 spiro atoms. The van der Waals surface area contributed by atoms with E-state index in [0.29, 0.717) is 5.41 Å². The minimum absolute atomic E-state index is 0.302. The molecule has 10 heavy (non-hydrogen) atoms. The third-order valence-electron chi connectivity index (χ3n) is 1.20. The third kappa shape index (κ3) is 2.21. The quantitative estimate of drug-likeness (QED) is 0.596. The van der Waals surface area contributed by atoms with Gasteiger partial charge in [-0.1, -0.05) is 25.9 Å². The smallest absolute Gasteiger partial charge is 0.124 e. The lowest BCUT2D eigenvalue weighted by molar-refractivity contribution is 0.371. The maximum atomic E-state index is 4.71. The summed E-state index contributed by atoms with van der Waals surface area (Å²) in [6.07, 6.45) is 2.59. The van der Waals surface area contributed by atoms with Gasteiger partial charge in [-0.05, 0) is 11.8 Å². The van der Waals surface area contributed by atoms with E-state index >= 15 is 0 Å². The highest BCUT2D eigenvalue weighted by Crippen LogP contribution is 2.18. The Labute approximate surface area is 61.2 Å². The molecule has 0 fully saturated rings. The lowest BCUT2D eigenvalue weighted by Crippen LogP contribution is -2.08. The predicted octanol–water partition coefficient (Wildman–Crippen LogP) is 2.26. The highest BCUT2D eigenvalue weighted by atomic mass is 16.5. The minimum Gasteiger partial charge on any atom is -0.365 e. The third-order valence-corrected chi connectivity index (χ3v) is 1.20. The Morgan fingerprint density at radius 1 is 1.50 bits per heavy atom. The number of aromatic nitrogens is 1. The van der Waals surface area contributed by atoms with Gasteiger partial charge in [0, 0.05) is 6.07 Å². The first-order valence-electron chi connectivity index (χ1n) is 3.47. The van der Waals surface area contributed by atoms with Gasteiger partial charge in [-0.15, -0.1) is 0 Å². The van der Waals surface area contributed by atoms with Crippen LogP contribution in [0.1, 0.15) is 26.5 Å². The van der Waals surface area contributed by atoms with Crippen LogP contribution in [-0.2, 0) is 6.42 Å². The first-order valence-corrected chi connectivity index (χ1v) is 3.47. The van der Waals surface area contributed by atoms with Crippen molar-refractivity contribution in [3.8, 4) is 0 Å². The second kappa shape index (κ2) is 2.45. The molecule has 0 unspecified atom stereocenters. The van der Waals surface area contributed by atoms with Crippen LogP contribution < -0.4 is 0 Å². The molecule has 2 heteroatoms. The van der Waals surface area contributed by atoms with E-state index in [2.05, 4.69) is 25.9 Å². The van der Waals surface area contributed by atoms with Gasteiger partial charge in [0.2, 0.25) is 0 Å². The summed E-state index contributed by atoms with van der Waals surface area (Å²) in [6, 6.07) is 1.91. The normalized spacial score (nSPS) is 11.9. The van der Waals surface area contributed by atoms with Crippen molar-refractivity contribution in [3.05, 3.63) is 18.0 Å². The van der Waals surface area contributed by atoms with Crippen molar-refractivity contribution >= 4 is 0 Å². The average Bonchev–Trinajstić information content (AvgIpc) is 2.12. The van der Waals surface area contributed by atoms with Crippen LogP contribution in [0.5, 0.6) is 0 Å². The zero-order valence-electron chi connectivity index (χ0n) is 6.72. The molecule has 2 nitrogen and oxygen atoms in total. The molecule has 0 radical (unpaired) electrons. The Bertz CT molecular complexity index is 184. The van der Waals surface area contributed by atoms with E-state index in [1.54, 1.807) is 6.26 Å². The van der Waals surface area contributed by atoms with Crippen LogP contribution in [0, 0.1) is 5.41 Å². The number of hydrogen-bond donors (Lipinski definition) is 0. The van der Waals surface area contributed by atoms with Crippen molar-refractivity contribution in [3.63, 3.8) is 0 Å². The van der Waals surface area contributed by atoms with E-state index in [4.69, 9.17) is 4.52 Å². The van der Waals surface area contributed by atoms with E-state index in [9.17, 15) is 0 Å². The standard InChI is InChI=1S/C8H13NO/c1-8(2,3)6-7-4-5-10-9-7/h4-5H,6H2,1-3H3. The molecule has 56 valence electrons. The zero-order chi connectivity index (χ0) is 7.61.